The maximum absolute atomic E-state index is 12.7. The first kappa shape index (κ1) is 17.5. The number of oxazole rings is 1. The van der Waals surface area contributed by atoms with Gasteiger partial charge in [0.2, 0.25) is 5.89 Å². The lowest BCUT2D eigenvalue weighted by Gasteiger charge is -2.11. The number of amides is 1. The summed E-state index contributed by atoms with van der Waals surface area (Å²) in [4.78, 5) is 21.2. The summed E-state index contributed by atoms with van der Waals surface area (Å²) in [5, 5.41) is 2.87. The number of fused-ring (bicyclic) bond motifs is 1. The summed E-state index contributed by atoms with van der Waals surface area (Å²) in [7, 11) is 3.10. The first-order chi connectivity index (χ1) is 13.7. The van der Waals surface area contributed by atoms with Crippen LogP contribution in [0.1, 0.15) is 10.4 Å². The van der Waals surface area contributed by atoms with Gasteiger partial charge in [-0.25, -0.2) is 4.98 Å². The van der Waals surface area contributed by atoms with Crippen molar-refractivity contribution < 1.29 is 18.7 Å². The van der Waals surface area contributed by atoms with Crippen LogP contribution in [0.3, 0.4) is 0 Å². The smallest absolute Gasteiger partial charge is 0.255 e. The summed E-state index contributed by atoms with van der Waals surface area (Å²) in [5.41, 5.74) is 2.78. The van der Waals surface area contributed by atoms with Gasteiger partial charge in [0.05, 0.1) is 19.9 Å². The predicted molar refractivity (Wildman–Crippen MR) is 105 cm³/mol. The number of carbonyl (C=O) groups excluding carboxylic acids is 1. The lowest BCUT2D eigenvalue weighted by atomic mass is 10.1. The van der Waals surface area contributed by atoms with Gasteiger partial charge in [-0.2, -0.15) is 4.98 Å². The van der Waals surface area contributed by atoms with E-state index in [0.29, 0.717) is 45.4 Å². The largest absolute Gasteiger partial charge is 0.497 e. The molecule has 0 aliphatic rings. The number of hydrogen-bond acceptors (Lipinski definition) is 6. The van der Waals surface area contributed by atoms with E-state index in [1.165, 1.54) is 0 Å². The van der Waals surface area contributed by atoms with E-state index in [1.807, 2.05) is 6.07 Å². The summed E-state index contributed by atoms with van der Waals surface area (Å²) >= 11 is 0. The van der Waals surface area contributed by atoms with E-state index in [2.05, 4.69) is 15.3 Å². The highest BCUT2D eigenvalue weighted by Gasteiger charge is 2.15. The van der Waals surface area contributed by atoms with E-state index in [0.717, 1.165) is 0 Å². The molecule has 0 saturated heterocycles. The van der Waals surface area contributed by atoms with E-state index in [4.69, 9.17) is 13.9 Å². The summed E-state index contributed by atoms with van der Waals surface area (Å²) < 4.78 is 16.3. The standard InChI is InChI=1S/C21H17N3O4/c1-26-15-6-3-5-13(11-15)20(25)23-16-12-14(8-9-17(16)27-2)21-24-19-18(28-21)7-4-10-22-19/h3-12H,1-2H3,(H,23,25). The van der Waals surface area contributed by atoms with Crippen LogP contribution in [0.2, 0.25) is 0 Å². The van der Waals surface area contributed by atoms with Gasteiger partial charge >= 0.3 is 0 Å². The molecular weight excluding hydrogens is 358 g/mol. The molecule has 1 amide bonds. The van der Waals surface area contributed by atoms with Crippen molar-refractivity contribution in [1.29, 1.82) is 0 Å². The van der Waals surface area contributed by atoms with Gasteiger partial charge < -0.3 is 19.2 Å². The molecule has 0 aliphatic heterocycles. The molecule has 0 saturated carbocycles. The molecule has 28 heavy (non-hydrogen) atoms. The summed E-state index contributed by atoms with van der Waals surface area (Å²) in [6.45, 7) is 0. The lowest BCUT2D eigenvalue weighted by molar-refractivity contribution is 0.102. The quantitative estimate of drug-likeness (QED) is 0.564. The maximum atomic E-state index is 12.7. The van der Waals surface area contributed by atoms with E-state index >= 15 is 0 Å². The Kier molecular flexibility index (Phi) is 4.63. The average Bonchev–Trinajstić information content (AvgIpc) is 3.18. The highest BCUT2D eigenvalue weighted by atomic mass is 16.5. The molecule has 1 N–H and O–H groups in total. The van der Waals surface area contributed by atoms with E-state index in [9.17, 15) is 4.79 Å². The normalized spacial score (nSPS) is 10.6. The van der Waals surface area contributed by atoms with Crippen LogP contribution in [0.4, 0.5) is 5.69 Å². The van der Waals surface area contributed by atoms with Gasteiger partial charge in [0.15, 0.2) is 11.2 Å². The van der Waals surface area contributed by atoms with Gasteiger partial charge in [-0.05, 0) is 48.5 Å². The van der Waals surface area contributed by atoms with Crippen molar-refractivity contribution in [3.05, 3.63) is 66.4 Å². The van der Waals surface area contributed by atoms with Gasteiger partial charge in [0, 0.05) is 17.3 Å². The van der Waals surface area contributed by atoms with E-state index in [-0.39, 0.29) is 5.91 Å². The van der Waals surface area contributed by atoms with Crippen molar-refractivity contribution >= 4 is 22.8 Å². The van der Waals surface area contributed by atoms with Crippen LogP contribution >= 0.6 is 0 Å². The summed E-state index contributed by atoms with van der Waals surface area (Å²) in [6.07, 6.45) is 1.66. The van der Waals surface area contributed by atoms with Crippen molar-refractivity contribution in [2.75, 3.05) is 19.5 Å². The fraction of sp³-hybridized carbons (Fsp3) is 0.0952. The first-order valence-electron chi connectivity index (χ1n) is 8.53. The third-order valence-electron chi connectivity index (χ3n) is 4.19. The second-order valence-electron chi connectivity index (χ2n) is 5.95. The predicted octanol–water partition coefficient (Wildman–Crippen LogP) is 4.16. The Hall–Kier alpha value is -3.87. The van der Waals surface area contributed by atoms with Crippen molar-refractivity contribution in [2.45, 2.75) is 0 Å². The fourth-order valence-corrected chi connectivity index (χ4v) is 2.79. The molecule has 2 heterocycles. The zero-order valence-corrected chi connectivity index (χ0v) is 15.3. The number of ether oxygens (including phenoxy) is 2. The minimum atomic E-state index is -0.284. The molecule has 0 unspecified atom stereocenters. The van der Waals surface area contributed by atoms with Crippen molar-refractivity contribution in [2.24, 2.45) is 0 Å². The van der Waals surface area contributed by atoms with Crippen molar-refractivity contribution in [3.63, 3.8) is 0 Å². The second kappa shape index (κ2) is 7.40. The van der Waals surface area contributed by atoms with Crippen molar-refractivity contribution in [1.82, 2.24) is 9.97 Å². The van der Waals surface area contributed by atoms with Crippen LogP contribution in [0.5, 0.6) is 11.5 Å². The molecular formula is C21H17N3O4. The minimum absolute atomic E-state index is 0.284. The molecule has 0 spiro atoms. The Morgan fingerprint density at radius 3 is 2.71 bits per heavy atom. The molecule has 0 bridgehead atoms. The number of rotatable bonds is 5. The summed E-state index contributed by atoms with van der Waals surface area (Å²) in [5.74, 6) is 1.25. The van der Waals surface area contributed by atoms with E-state index < -0.39 is 0 Å². The monoisotopic (exact) mass is 375 g/mol. The number of nitrogens with one attached hydrogen (secondary N) is 1. The number of nitrogens with zero attached hydrogens (tertiary/aromatic N) is 2. The first-order valence-corrected chi connectivity index (χ1v) is 8.53. The average molecular weight is 375 g/mol. The molecule has 4 aromatic rings. The Morgan fingerprint density at radius 2 is 1.93 bits per heavy atom. The molecule has 7 nitrogen and oxygen atoms in total. The number of anilines is 1. The van der Waals surface area contributed by atoms with Crippen LogP contribution in [0, 0.1) is 0 Å². The number of aromatic nitrogens is 2. The maximum Gasteiger partial charge on any atom is 0.255 e. The number of pyridine rings is 1. The van der Waals surface area contributed by atoms with Gasteiger partial charge in [0.1, 0.15) is 11.5 Å². The molecule has 0 radical (unpaired) electrons. The Labute approximate surface area is 160 Å². The highest BCUT2D eigenvalue weighted by Crippen LogP contribution is 2.32. The molecule has 4 rings (SSSR count). The van der Waals surface area contributed by atoms with Gasteiger partial charge in [-0.15, -0.1) is 0 Å². The van der Waals surface area contributed by atoms with E-state index in [1.54, 1.807) is 68.9 Å². The SMILES string of the molecule is COc1cccc(C(=O)Nc2cc(-c3nc4ncccc4o3)ccc2OC)c1. The van der Waals surface area contributed by atoms with Crippen molar-refractivity contribution in [3.8, 4) is 23.0 Å². The van der Waals surface area contributed by atoms with Gasteiger partial charge in [-0.3, -0.25) is 4.79 Å². The minimum Gasteiger partial charge on any atom is -0.497 e. The van der Waals surface area contributed by atoms with Gasteiger partial charge in [0.25, 0.3) is 5.91 Å². The highest BCUT2D eigenvalue weighted by molar-refractivity contribution is 6.05. The molecule has 0 fully saturated rings. The topological polar surface area (TPSA) is 86.5 Å². The summed E-state index contributed by atoms with van der Waals surface area (Å²) in [6, 6.07) is 15.8. The van der Waals surface area contributed by atoms with Crippen LogP contribution in [0.15, 0.2) is 65.2 Å². The molecule has 0 atom stereocenters. The number of carbonyl (C=O) groups is 1. The second-order valence-corrected chi connectivity index (χ2v) is 5.95. The number of methoxy groups -OCH3 is 2. The fourth-order valence-electron chi connectivity index (χ4n) is 2.79. The lowest BCUT2D eigenvalue weighted by Crippen LogP contribution is -2.12. The molecule has 2 aromatic heterocycles. The zero-order valence-electron chi connectivity index (χ0n) is 15.3. The van der Waals surface area contributed by atoms with Crippen LogP contribution < -0.4 is 14.8 Å². The molecule has 2 aromatic carbocycles. The molecule has 140 valence electrons. The van der Waals surface area contributed by atoms with Gasteiger partial charge in [-0.1, -0.05) is 6.07 Å². The zero-order chi connectivity index (χ0) is 19.5. The third kappa shape index (κ3) is 3.37. The Balaban J connectivity index is 1.67. The van der Waals surface area contributed by atoms with Crippen LogP contribution in [0.25, 0.3) is 22.7 Å². The number of benzene rings is 2. The Morgan fingerprint density at radius 1 is 1.04 bits per heavy atom. The third-order valence-corrected chi connectivity index (χ3v) is 4.19. The molecule has 0 aliphatic carbocycles. The Bertz CT molecular complexity index is 1120. The molecule has 7 heteroatoms. The van der Waals surface area contributed by atoms with Crippen LogP contribution in [-0.2, 0) is 0 Å². The van der Waals surface area contributed by atoms with Crippen LogP contribution in [-0.4, -0.2) is 30.1 Å². The number of hydrogen-bond donors (Lipinski definition) is 1.